The van der Waals surface area contributed by atoms with E-state index >= 15 is 0 Å². The molecule has 0 aliphatic carbocycles. The van der Waals surface area contributed by atoms with E-state index in [2.05, 4.69) is 0 Å². The van der Waals surface area contributed by atoms with E-state index in [4.69, 9.17) is 9.47 Å². The summed E-state index contributed by atoms with van der Waals surface area (Å²) in [7, 11) is 0.976. The van der Waals surface area contributed by atoms with E-state index in [9.17, 15) is 9.36 Å². The molecule has 18 heavy (non-hydrogen) atoms. The lowest BCUT2D eigenvalue weighted by molar-refractivity contribution is 0.107. The Kier molecular flexibility index (Phi) is 5.29. The average molecular weight is 269 g/mol. The summed E-state index contributed by atoms with van der Waals surface area (Å²) in [6, 6.07) is 5.05. The number of carbonyl (C=O) groups excluding carboxylic acids is 1. The van der Waals surface area contributed by atoms with Gasteiger partial charge in [0.15, 0.2) is 11.2 Å². The van der Waals surface area contributed by atoms with Gasteiger partial charge in [-0.05, 0) is 25.5 Å². The van der Waals surface area contributed by atoms with Gasteiger partial charge >= 0.3 is 13.3 Å². The molecule has 1 aromatic rings. The molecule has 0 radical (unpaired) electrons. The first kappa shape index (κ1) is 14.7. The highest BCUT2D eigenvalue weighted by atomic mass is 31.1. The fraction of sp³-hybridized carbons (Fsp3) is 0.462. The first-order valence-corrected chi connectivity index (χ1v) is 7.11. The number of methoxy groups -OCH3 is 2. The molecule has 0 aliphatic heterocycles. The van der Waals surface area contributed by atoms with Crippen LogP contribution in [0.5, 0.6) is 11.5 Å². The second-order valence-corrected chi connectivity index (χ2v) is 5.87. The van der Waals surface area contributed by atoms with Crippen molar-refractivity contribution < 1.29 is 18.8 Å². The summed E-state index contributed by atoms with van der Waals surface area (Å²) in [5, 5.41) is 0. The predicted molar refractivity (Wildman–Crippen MR) is 71.2 cm³/mol. The molecule has 0 spiro atoms. The standard InChI is InChI=1S/C13H18O4P/c1-5-9(2)18(15)13(14)12-10(16-3)7-6-8-11(12)17-4/h6-9H,5H2,1-4H3/q+1. The van der Waals surface area contributed by atoms with Gasteiger partial charge in [0.1, 0.15) is 11.5 Å². The number of benzene rings is 1. The second kappa shape index (κ2) is 6.50. The summed E-state index contributed by atoms with van der Waals surface area (Å²) in [5.74, 6) is 0.789. The molecular formula is C13H18O4P+. The normalized spacial score (nSPS) is 12.8. The summed E-state index contributed by atoms with van der Waals surface area (Å²) in [6.07, 6.45) is 0.693. The van der Waals surface area contributed by atoms with Gasteiger partial charge in [-0.3, -0.25) is 0 Å². The molecule has 2 atom stereocenters. The van der Waals surface area contributed by atoms with Gasteiger partial charge in [-0.25, -0.2) is 4.79 Å². The monoisotopic (exact) mass is 269 g/mol. The Hall–Kier alpha value is -1.41. The zero-order chi connectivity index (χ0) is 13.7. The summed E-state index contributed by atoms with van der Waals surface area (Å²) in [5.41, 5.74) is -0.292. The van der Waals surface area contributed by atoms with Crippen molar-refractivity contribution in [2.45, 2.75) is 25.9 Å². The minimum Gasteiger partial charge on any atom is -0.496 e. The minimum absolute atomic E-state index is 0.151. The average Bonchev–Trinajstić information content (AvgIpc) is 2.43. The molecule has 98 valence electrons. The Labute approximate surface area is 108 Å². The molecule has 1 rings (SSSR count). The molecule has 0 fully saturated rings. The van der Waals surface area contributed by atoms with Gasteiger partial charge in [0.2, 0.25) is 0 Å². The summed E-state index contributed by atoms with van der Waals surface area (Å²) in [4.78, 5) is 12.3. The van der Waals surface area contributed by atoms with E-state index in [1.54, 1.807) is 25.1 Å². The van der Waals surface area contributed by atoms with Crippen molar-refractivity contribution in [2.75, 3.05) is 14.2 Å². The van der Waals surface area contributed by atoms with E-state index in [0.29, 0.717) is 17.9 Å². The molecule has 0 aromatic heterocycles. The Morgan fingerprint density at radius 3 is 2.17 bits per heavy atom. The molecule has 4 nitrogen and oxygen atoms in total. The van der Waals surface area contributed by atoms with Gasteiger partial charge in [-0.2, -0.15) is 0 Å². The molecular weight excluding hydrogens is 251 g/mol. The van der Waals surface area contributed by atoms with Crippen LogP contribution in [0.2, 0.25) is 0 Å². The summed E-state index contributed by atoms with van der Waals surface area (Å²) in [6.45, 7) is 3.71. The molecule has 2 unspecified atom stereocenters. The Bertz CT molecular complexity index is 434. The molecule has 0 heterocycles. The number of carbonyl (C=O) groups is 1. The van der Waals surface area contributed by atoms with Crippen molar-refractivity contribution in [1.82, 2.24) is 0 Å². The van der Waals surface area contributed by atoms with Crippen LogP contribution in [0.1, 0.15) is 30.6 Å². The van der Waals surface area contributed by atoms with Gasteiger partial charge < -0.3 is 9.47 Å². The topological polar surface area (TPSA) is 52.6 Å². The zero-order valence-electron chi connectivity index (χ0n) is 11.1. The van der Waals surface area contributed by atoms with Crippen LogP contribution in [-0.4, -0.2) is 25.4 Å². The number of hydrogen-bond acceptors (Lipinski definition) is 4. The fourth-order valence-corrected chi connectivity index (χ4v) is 2.71. The smallest absolute Gasteiger partial charge is 0.423 e. The van der Waals surface area contributed by atoms with Crippen molar-refractivity contribution >= 4 is 13.3 Å². The lowest BCUT2D eigenvalue weighted by Crippen LogP contribution is -2.06. The van der Waals surface area contributed by atoms with Crippen LogP contribution in [0.25, 0.3) is 0 Å². The lowest BCUT2D eigenvalue weighted by Gasteiger charge is -2.08. The number of rotatable bonds is 6. The van der Waals surface area contributed by atoms with Crippen LogP contribution in [0.15, 0.2) is 18.2 Å². The number of ether oxygens (including phenoxy) is 2. The summed E-state index contributed by atoms with van der Waals surface area (Å²) < 4.78 is 22.4. The maximum Gasteiger partial charge on any atom is 0.423 e. The Morgan fingerprint density at radius 2 is 1.78 bits per heavy atom. The van der Waals surface area contributed by atoms with Gasteiger partial charge in [0.25, 0.3) is 0 Å². The third kappa shape index (κ3) is 2.88. The van der Waals surface area contributed by atoms with Gasteiger partial charge in [-0.15, -0.1) is 0 Å². The van der Waals surface area contributed by atoms with Crippen molar-refractivity contribution in [3.63, 3.8) is 0 Å². The Morgan fingerprint density at radius 1 is 1.28 bits per heavy atom. The molecule has 0 saturated heterocycles. The van der Waals surface area contributed by atoms with Crippen molar-refractivity contribution in [3.05, 3.63) is 23.8 Å². The van der Waals surface area contributed by atoms with Crippen LogP contribution in [0.3, 0.4) is 0 Å². The van der Waals surface area contributed by atoms with Crippen LogP contribution in [-0.2, 0) is 4.57 Å². The van der Waals surface area contributed by atoms with E-state index in [-0.39, 0.29) is 11.2 Å². The molecule has 0 bridgehead atoms. The van der Waals surface area contributed by atoms with Crippen molar-refractivity contribution in [2.24, 2.45) is 0 Å². The fourth-order valence-electron chi connectivity index (χ4n) is 1.54. The third-order valence-electron chi connectivity index (χ3n) is 2.83. The van der Waals surface area contributed by atoms with Crippen molar-refractivity contribution in [1.29, 1.82) is 0 Å². The highest BCUT2D eigenvalue weighted by Gasteiger charge is 2.39. The van der Waals surface area contributed by atoms with Crippen LogP contribution in [0, 0.1) is 0 Å². The predicted octanol–water partition coefficient (Wildman–Crippen LogP) is 3.47. The highest BCUT2D eigenvalue weighted by molar-refractivity contribution is 7.65. The second-order valence-electron chi connectivity index (χ2n) is 3.93. The van der Waals surface area contributed by atoms with Crippen LogP contribution < -0.4 is 9.47 Å². The Balaban J connectivity index is 3.23. The van der Waals surface area contributed by atoms with E-state index in [0.717, 1.165) is 0 Å². The molecule has 5 heteroatoms. The molecule has 0 aliphatic rings. The zero-order valence-corrected chi connectivity index (χ0v) is 12.0. The van der Waals surface area contributed by atoms with Gasteiger partial charge in [0, 0.05) is 0 Å². The largest absolute Gasteiger partial charge is 0.496 e. The van der Waals surface area contributed by atoms with Crippen molar-refractivity contribution in [3.8, 4) is 11.5 Å². The lowest BCUT2D eigenvalue weighted by atomic mass is 10.2. The van der Waals surface area contributed by atoms with Crippen LogP contribution in [0.4, 0.5) is 0 Å². The number of hydrogen-bond donors (Lipinski definition) is 0. The first-order chi connectivity index (χ1) is 8.56. The van der Waals surface area contributed by atoms with E-state index in [1.165, 1.54) is 14.2 Å². The molecule has 0 N–H and O–H groups in total. The maximum absolute atomic E-state index is 12.3. The van der Waals surface area contributed by atoms with Gasteiger partial charge in [-0.1, -0.05) is 17.6 Å². The van der Waals surface area contributed by atoms with E-state index < -0.39 is 13.3 Å². The minimum atomic E-state index is -1.97. The maximum atomic E-state index is 12.3. The highest BCUT2D eigenvalue weighted by Crippen LogP contribution is 2.40. The summed E-state index contributed by atoms with van der Waals surface area (Å²) >= 11 is 0. The van der Waals surface area contributed by atoms with Gasteiger partial charge in [0.05, 0.1) is 14.2 Å². The third-order valence-corrected chi connectivity index (χ3v) is 4.62. The van der Waals surface area contributed by atoms with E-state index in [1.807, 2.05) is 6.92 Å². The van der Waals surface area contributed by atoms with Crippen LogP contribution >= 0.6 is 7.80 Å². The molecule has 1 aromatic carbocycles. The molecule has 0 amide bonds. The quantitative estimate of drug-likeness (QED) is 0.742. The molecule has 0 saturated carbocycles. The SMILES string of the molecule is CCC(C)[P+](=O)C(=O)c1c(OC)cccc1OC. The first-order valence-electron chi connectivity index (χ1n) is 5.78.